The van der Waals surface area contributed by atoms with Gasteiger partial charge in [-0.1, -0.05) is 0 Å². The highest BCUT2D eigenvalue weighted by Crippen LogP contribution is 2.28. The molecule has 1 aromatic carbocycles. The van der Waals surface area contributed by atoms with Gasteiger partial charge in [0.2, 0.25) is 0 Å². The monoisotopic (exact) mass is 380 g/mol. The maximum atomic E-state index is 12.1. The molecule has 0 aliphatic carbocycles. The van der Waals surface area contributed by atoms with Gasteiger partial charge >= 0.3 is 16.2 Å². The third kappa shape index (κ3) is 5.18. The van der Waals surface area contributed by atoms with E-state index in [4.69, 9.17) is 4.74 Å². The quantitative estimate of drug-likeness (QED) is 0.726. The molecule has 0 aliphatic rings. The molecule has 0 bridgehead atoms. The molecule has 1 N–H and O–H groups in total. The number of benzene rings is 1. The van der Waals surface area contributed by atoms with Crippen molar-refractivity contribution in [2.24, 2.45) is 0 Å². The Balaban J connectivity index is 2.75. The van der Waals surface area contributed by atoms with E-state index in [1.54, 1.807) is 18.2 Å². The Morgan fingerprint density at radius 2 is 2.05 bits per heavy atom. The molecule has 118 valence electrons. The Kier molecular flexibility index (Phi) is 6.43. The lowest BCUT2D eigenvalue weighted by Gasteiger charge is -2.18. The second-order valence-corrected chi connectivity index (χ2v) is 6.74. The number of anilines is 1. The normalized spacial score (nSPS) is 11.3. The Labute approximate surface area is 132 Å². The van der Waals surface area contributed by atoms with E-state index in [0.29, 0.717) is 15.9 Å². The van der Waals surface area contributed by atoms with Crippen molar-refractivity contribution >= 4 is 37.8 Å². The van der Waals surface area contributed by atoms with Gasteiger partial charge in [-0.3, -0.25) is 9.52 Å². The Bertz CT molecular complexity index is 606. The van der Waals surface area contributed by atoms with Crippen molar-refractivity contribution in [3.05, 3.63) is 22.7 Å². The number of carbonyl (C=O) groups excluding carboxylic acids is 1. The summed E-state index contributed by atoms with van der Waals surface area (Å²) in [5.74, 6) is 0.126. The molecule has 0 saturated carbocycles. The van der Waals surface area contributed by atoms with Gasteiger partial charge in [-0.25, -0.2) is 0 Å². The van der Waals surface area contributed by atoms with Crippen LogP contribution >= 0.6 is 15.9 Å². The summed E-state index contributed by atoms with van der Waals surface area (Å²) in [6.45, 7) is 0.0271. The molecule has 1 aromatic rings. The number of esters is 1. The standard InChI is InChI=1S/C12H17BrN2O5S/c1-15(7-6-12(16)20-3)21(17,18)14-9-4-5-11(19-2)10(13)8-9/h4-5,8,14H,6-7H2,1-3H3. The number of rotatable bonds is 7. The molecule has 0 aromatic heterocycles. The Morgan fingerprint density at radius 1 is 1.38 bits per heavy atom. The van der Waals surface area contributed by atoms with Crippen molar-refractivity contribution in [1.29, 1.82) is 0 Å². The van der Waals surface area contributed by atoms with Crippen molar-refractivity contribution in [3.63, 3.8) is 0 Å². The van der Waals surface area contributed by atoms with Crippen molar-refractivity contribution in [2.45, 2.75) is 6.42 Å². The van der Waals surface area contributed by atoms with Crippen LogP contribution < -0.4 is 9.46 Å². The molecule has 0 amide bonds. The fourth-order valence-corrected chi connectivity index (χ4v) is 2.88. The van der Waals surface area contributed by atoms with Crippen molar-refractivity contribution in [3.8, 4) is 5.75 Å². The molecule has 7 nitrogen and oxygen atoms in total. The smallest absolute Gasteiger partial charge is 0.306 e. The van der Waals surface area contributed by atoms with Crippen LogP contribution in [0.2, 0.25) is 0 Å². The highest BCUT2D eigenvalue weighted by atomic mass is 79.9. The molecule has 0 fully saturated rings. The average molecular weight is 381 g/mol. The van der Waals surface area contributed by atoms with Crippen molar-refractivity contribution in [1.82, 2.24) is 4.31 Å². The number of carbonyl (C=O) groups is 1. The average Bonchev–Trinajstić information content (AvgIpc) is 2.44. The minimum absolute atomic E-state index is 0.0137. The van der Waals surface area contributed by atoms with Crippen LogP contribution in [0.15, 0.2) is 22.7 Å². The van der Waals surface area contributed by atoms with Gasteiger partial charge in [0, 0.05) is 13.6 Å². The zero-order valence-electron chi connectivity index (χ0n) is 11.9. The van der Waals surface area contributed by atoms with Crippen LogP contribution in [-0.4, -0.2) is 46.5 Å². The first-order valence-electron chi connectivity index (χ1n) is 5.94. The summed E-state index contributed by atoms with van der Waals surface area (Å²) in [6, 6.07) is 4.80. The third-order valence-electron chi connectivity index (χ3n) is 2.67. The van der Waals surface area contributed by atoms with E-state index in [9.17, 15) is 13.2 Å². The van der Waals surface area contributed by atoms with Gasteiger partial charge in [-0.2, -0.15) is 12.7 Å². The molecule has 9 heteroatoms. The van der Waals surface area contributed by atoms with Crippen LogP contribution in [-0.2, 0) is 19.7 Å². The molecule has 0 radical (unpaired) electrons. The first kappa shape index (κ1) is 17.7. The lowest BCUT2D eigenvalue weighted by atomic mass is 10.3. The maximum Gasteiger partial charge on any atom is 0.306 e. The molecule has 21 heavy (non-hydrogen) atoms. The predicted octanol–water partition coefficient (Wildman–Crippen LogP) is 1.61. The highest BCUT2D eigenvalue weighted by Gasteiger charge is 2.19. The van der Waals surface area contributed by atoms with Gasteiger partial charge in [0.05, 0.1) is 30.8 Å². The van der Waals surface area contributed by atoms with Gasteiger partial charge in [-0.15, -0.1) is 0 Å². The predicted molar refractivity (Wildman–Crippen MR) is 82.5 cm³/mol. The number of ether oxygens (including phenoxy) is 2. The largest absolute Gasteiger partial charge is 0.496 e. The highest BCUT2D eigenvalue weighted by molar-refractivity contribution is 9.10. The summed E-state index contributed by atoms with van der Waals surface area (Å²) in [5, 5.41) is 0. The van der Waals surface area contributed by atoms with Crippen LogP contribution in [0.5, 0.6) is 5.75 Å². The van der Waals surface area contributed by atoms with Crippen LogP contribution in [0.3, 0.4) is 0 Å². The van der Waals surface area contributed by atoms with Crippen LogP contribution in [0.1, 0.15) is 6.42 Å². The second kappa shape index (κ2) is 7.62. The molecule has 0 aliphatic heterocycles. The zero-order chi connectivity index (χ0) is 16.0. The number of nitrogens with zero attached hydrogens (tertiary/aromatic N) is 1. The second-order valence-electron chi connectivity index (χ2n) is 4.10. The molecular formula is C12H17BrN2O5S. The zero-order valence-corrected chi connectivity index (χ0v) is 14.3. The van der Waals surface area contributed by atoms with Crippen molar-refractivity contribution in [2.75, 3.05) is 32.5 Å². The number of hydrogen-bond donors (Lipinski definition) is 1. The summed E-state index contributed by atoms with van der Waals surface area (Å²) in [6.07, 6.45) is -0.0137. The lowest BCUT2D eigenvalue weighted by molar-refractivity contribution is -0.140. The van der Waals surface area contributed by atoms with E-state index < -0.39 is 16.2 Å². The van der Waals surface area contributed by atoms with E-state index in [-0.39, 0.29) is 13.0 Å². The summed E-state index contributed by atoms with van der Waals surface area (Å²) < 4.78 is 37.8. The fourth-order valence-electron chi connectivity index (χ4n) is 1.43. The van der Waals surface area contributed by atoms with E-state index in [2.05, 4.69) is 25.4 Å². The molecular weight excluding hydrogens is 364 g/mol. The Hall–Kier alpha value is -1.32. The molecule has 1 rings (SSSR count). The van der Waals surface area contributed by atoms with E-state index in [0.717, 1.165) is 4.31 Å². The SMILES string of the molecule is COC(=O)CCN(C)S(=O)(=O)Nc1ccc(OC)c(Br)c1. The van der Waals surface area contributed by atoms with Gasteiger partial charge in [0.1, 0.15) is 5.75 Å². The molecule has 0 heterocycles. The molecule has 0 spiro atoms. The molecule has 0 saturated heterocycles. The molecule has 0 unspecified atom stereocenters. The summed E-state index contributed by atoms with van der Waals surface area (Å²) in [5.41, 5.74) is 0.382. The van der Waals surface area contributed by atoms with Gasteiger partial charge in [-0.05, 0) is 34.1 Å². The summed E-state index contributed by atoms with van der Waals surface area (Å²) in [4.78, 5) is 11.0. The Morgan fingerprint density at radius 3 is 2.57 bits per heavy atom. The molecule has 0 atom stereocenters. The minimum Gasteiger partial charge on any atom is -0.496 e. The van der Waals surface area contributed by atoms with Gasteiger partial charge in [0.15, 0.2) is 0 Å². The van der Waals surface area contributed by atoms with Gasteiger partial charge < -0.3 is 9.47 Å². The van der Waals surface area contributed by atoms with Crippen LogP contribution in [0.4, 0.5) is 5.69 Å². The lowest BCUT2D eigenvalue weighted by Crippen LogP contribution is -2.34. The topological polar surface area (TPSA) is 84.9 Å². The number of hydrogen-bond acceptors (Lipinski definition) is 5. The van der Waals surface area contributed by atoms with E-state index in [1.165, 1.54) is 21.3 Å². The first-order chi connectivity index (χ1) is 9.80. The summed E-state index contributed by atoms with van der Waals surface area (Å²) >= 11 is 3.28. The number of halogens is 1. The summed E-state index contributed by atoms with van der Waals surface area (Å²) in [7, 11) is 0.411. The number of methoxy groups -OCH3 is 2. The van der Waals surface area contributed by atoms with Crippen LogP contribution in [0.25, 0.3) is 0 Å². The van der Waals surface area contributed by atoms with Crippen molar-refractivity contribution < 1.29 is 22.7 Å². The number of nitrogens with one attached hydrogen (secondary N) is 1. The van der Waals surface area contributed by atoms with E-state index >= 15 is 0 Å². The van der Waals surface area contributed by atoms with Gasteiger partial charge in [0.25, 0.3) is 0 Å². The first-order valence-corrected chi connectivity index (χ1v) is 8.18. The maximum absolute atomic E-state index is 12.1. The van der Waals surface area contributed by atoms with Crippen LogP contribution in [0, 0.1) is 0 Å². The fraction of sp³-hybridized carbons (Fsp3) is 0.417. The third-order valence-corrected chi connectivity index (χ3v) is 4.78. The minimum atomic E-state index is -3.74. The van der Waals surface area contributed by atoms with E-state index in [1.807, 2.05) is 0 Å².